The molecule has 1 aromatic rings. The monoisotopic (exact) mass is 313 g/mol. The van der Waals surface area contributed by atoms with Crippen LogP contribution >= 0.6 is 0 Å². The highest BCUT2D eigenvalue weighted by atomic mass is 15.3. The summed E-state index contributed by atoms with van der Waals surface area (Å²) < 4.78 is 0. The SMILES string of the molecule is CCN1CCC[C@@H]1CN1CCN(C2Cc3ccccc3C2)CC1. The lowest BCUT2D eigenvalue weighted by atomic mass is 10.1. The molecule has 0 bridgehead atoms. The predicted molar refractivity (Wildman–Crippen MR) is 95.9 cm³/mol. The number of benzene rings is 1. The largest absolute Gasteiger partial charge is 0.299 e. The lowest BCUT2D eigenvalue weighted by Gasteiger charge is -2.39. The van der Waals surface area contributed by atoms with Crippen molar-refractivity contribution >= 4 is 0 Å². The molecule has 0 saturated carbocycles. The van der Waals surface area contributed by atoms with E-state index < -0.39 is 0 Å². The predicted octanol–water partition coefficient (Wildman–Crippen LogP) is 2.26. The normalized spacial score (nSPS) is 27.6. The van der Waals surface area contributed by atoms with Crippen LogP contribution in [-0.2, 0) is 12.8 Å². The molecule has 3 aliphatic rings. The first kappa shape index (κ1) is 15.6. The maximum Gasteiger partial charge on any atom is 0.0223 e. The highest BCUT2D eigenvalue weighted by molar-refractivity contribution is 5.33. The molecule has 2 saturated heterocycles. The van der Waals surface area contributed by atoms with Crippen molar-refractivity contribution in [3.05, 3.63) is 35.4 Å². The van der Waals surface area contributed by atoms with Gasteiger partial charge in [-0.05, 0) is 49.9 Å². The van der Waals surface area contributed by atoms with E-state index in [4.69, 9.17) is 0 Å². The lowest BCUT2D eigenvalue weighted by molar-refractivity contribution is 0.0809. The quantitative estimate of drug-likeness (QED) is 0.844. The van der Waals surface area contributed by atoms with Crippen LogP contribution in [0, 0.1) is 0 Å². The highest BCUT2D eigenvalue weighted by Crippen LogP contribution is 2.26. The number of likely N-dealkylation sites (N-methyl/N-ethyl adjacent to an activating group) is 1. The average Bonchev–Trinajstić information content (AvgIpc) is 3.21. The van der Waals surface area contributed by atoms with Crippen LogP contribution in [0.5, 0.6) is 0 Å². The fraction of sp³-hybridized carbons (Fsp3) is 0.700. The van der Waals surface area contributed by atoms with E-state index in [0.717, 1.165) is 12.1 Å². The molecular formula is C20H31N3. The number of piperazine rings is 1. The Morgan fingerprint density at radius 1 is 0.957 bits per heavy atom. The summed E-state index contributed by atoms with van der Waals surface area (Å²) >= 11 is 0. The molecule has 4 rings (SSSR count). The van der Waals surface area contributed by atoms with Crippen molar-refractivity contribution in [2.24, 2.45) is 0 Å². The summed E-state index contributed by atoms with van der Waals surface area (Å²) in [5.41, 5.74) is 3.17. The van der Waals surface area contributed by atoms with Crippen molar-refractivity contribution < 1.29 is 0 Å². The van der Waals surface area contributed by atoms with Gasteiger partial charge in [0.05, 0.1) is 0 Å². The summed E-state index contributed by atoms with van der Waals surface area (Å²) in [6.07, 6.45) is 5.34. The molecule has 23 heavy (non-hydrogen) atoms. The first-order chi connectivity index (χ1) is 11.3. The molecule has 0 aromatic heterocycles. The number of likely N-dealkylation sites (tertiary alicyclic amines) is 1. The molecule has 2 aliphatic heterocycles. The van der Waals surface area contributed by atoms with Gasteiger partial charge in [0.25, 0.3) is 0 Å². The second kappa shape index (κ2) is 6.92. The van der Waals surface area contributed by atoms with E-state index >= 15 is 0 Å². The second-order valence-corrected chi connectivity index (χ2v) is 7.59. The van der Waals surface area contributed by atoms with Crippen LogP contribution in [0.4, 0.5) is 0 Å². The summed E-state index contributed by atoms with van der Waals surface area (Å²) in [7, 11) is 0. The Morgan fingerprint density at radius 2 is 1.65 bits per heavy atom. The molecule has 3 heteroatoms. The molecule has 0 N–H and O–H groups in total. The number of nitrogens with zero attached hydrogens (tertiary/aromatic N) is 3. The van der Waals surface area contributed by atoms with Gasteiger partial charge in [0.2, 0.25) is 0 Å². The fourth-order valence-electron chi connectivity index (χ4n) is 4.92. The van der Waals surface area contributed by atoms with Crippen LogP contribution in [0.25, 0.3) is 0 Å². The van der Waals surface area contributed by atoms with E-state index in [1.165, 1.54) is 71.5 Å². The third-order valence-corrected chi connectivity index (χ3v) is 6.33. The van der Waals surface area contributed by atoms with Gasteiger partial charge in [-0.1, -0.05) is 31.2 Å². The summed E-state index contributed by atoms with van der Waals surface area (Å²) in [6, 6.07) is 10.6. The van der Waals surface area contributed by atoms with Crippen LogP contribution in [0.1, 0.15) is 30.9 Å². The Bertz CT molecular complexity index is 496. The zero-order chi connectivity index (χ0) is 15.6. The van der Waals surface area contributed by atoms with Gasteiger partial charge in [-0.25, -0.2) is 0 Å². The Labute approximate surface area is 141 Å². The Kier molecular flexibility index (Phi) is 4.70. The number of fused-ring (bicyclic) bond motifs is 1. The average molecular weight is 313 g/mol. The van der Waals surface area contributed by atoms with E-state index in [0.29, 0.717) is 0 Å². The molecule has 3 nitrogen and oxygen atoms in total. The van der Waals surface area contributed by atoms with E-state index in [1.807, 2.05) is 0 Å². The minimum atomic E-state index is 0.758. The molecule has 2 heterocycles. The van der Waals surface area contributed by atoms with Crippen LogP contribution in [-0.4, -0.2) is 72.6 Å². The summed E-state index contributed by atoms with van der Waals surface area (Å²) in [5.74, 6) is 0. The number of hydrogen-bond donors (Lipinski definition) is 0. The Balaban J connectivity index is 1.27. The molecule has 1 aromatic carbocycles. The van der Waals surface area contributed by atoms with Crippen LogP contribution in [0.2, 0.25) is 0 Å². The van der Waals surface area contributed by atoms with Crippen molar-refractivity contribution in [2.75, 3.05) is 45.8 Å². The van der Waals surface area contributed by atoms with Crippen molar-refractivity contribution in [3.8, 4) is 0 Å². The van der Waals surface area contributed by atoms with Gasteiger partial charge in [0, 0.05) is 44.8 Å². The van der Waals surface area contributed by atoms with E-state index in [9.17, 15) is 0 Å². The molecule has 0 spiro atoms. The van der Waals surface area contributed by atoms with Crippen molar-refractivity contribution in [3.63, 3.8) is 0 Å². The lowest BCUT2D eigenvalue weighted by Crippen LogP contribution is -2.53. The Morgan fingerprint density at radius 3 is 2.30 bits per heavy atom. The molecule has 1 aliphatic carbocycles. The van der Waals surface area contributed by atoms with Crippen molar-refractivity contribution in [1.29, 1.82) is 0 Å². The van der Waals surface area contributed by atoms with Gasteiger partial charge in [-0.2, -0.15) is 0 Å². The highest BCUT2D eigenvalue weighted by Gasteiger charge is 2.31. The number of hydrogen-bond acceptors (Lipinski definition) is 3. The zero-order valence-electron chi connectivity index (χ0n) is 14.6. The molecule has 0 radical (unpaired) electrons. The standard InChI is InChI=1S/C20H31N3/c1-2-22-9-5-8-19(22)16-21-10-12-23(13-11-21)20-14-17-6-3-4-7-18(17)15-20/h3-4,6-7,19-20H,2,5,8-16H2,1H3/t19-/m1/s1. The smallest absolute Gasteiger partial charge is 0.0223 e. The molecule has 1 atom stereocenters. The zero-order valence-corrected chi connectivity index (χ0v) is 14.6. The van der Waals surface area contributed by atoms with E-state index in [1.54, 1.807) is 11.1 Å². The maximum atomic E-state index is 2.75. The molecule has 126 valence electrons. The molecular weight excluding hydrogens is 282 g/mol. The minimum absolute atomic E-state index is 0.758. The van der Waals surface area contributed by atoms with Crippen LogP contribution < -0.4 is 0 Å². The molecule has 0 amide bonds. The van der Waals surface area contributed by atoms with Gasteiger partial charge >= 0.3 is 0 Å². The second-order valence-electron chi connectivity index (χ2n) is 7.59. The third kappa shape index (κ3) is 3.33. The summed E-state index contributed by atoms with van der Waals surface area (Å²) in [4.78, 5) is 8.15. The fourth-order valence-corrected chi connectivity index (χ4v) is 4.92. The maximum absolute atomic E-state index is 2.75. The first-order valence-electron chi connectivity index (χ1n) is 9.60. The van der Waals surface area contributed by atoms with Gasteiger partial charge in [0.1, 0.15) is 0 Å². The number of rotatable bonds is 4. The topological polar surface area (TPSA) is 9.72 Å². The van der Waals surface area contributed by atoms with Crippen molar-refractivity contribution in [2.45, 2.75) is 44.7 Å². The summed E-state index contributed by atoms with van der Waals surface area (Å²) in [6.45, 7) is 11.2. The van der Waals surface area contributed by atoms with Gasteiger partial charge in [-0.3, -0.25) is 14.7 Å². The van der Waals surface area contributed by atoms with Gasteiger partial charge < -0.3 is 0 Å². The molecule has 0 unspecified atom stereocenters. The van der Waals surface area contributed by atoms with E-state index in [-0.39, 0.29) is 0 Å². The third-order valence-electron chi connectivity index (χ3n) is 6.33. The van der Waals surface area contributed by atoms with Crippen LogP contribution in [0.3, 0.4) is 0 Å². The minimum Gasteiger partial charge on any atom is -0.299 e. The first-order valence-corrected chi connectivity index (χ1v) is 9.60. The van der Waals surface area contributed by atoms with Crippen LogP contribution in [0.15, 0.2) is 24.3 Å². The van der Waals surface area contributed by atoms with Crippen molar-refractivity contribution in [1.82, 2.24) is 14.7 Å². The summed E-state index contributed by atoms with van der Waals surface area (Å²) in [5, 5.41) is 0. The van der Waals surface area contributed by atoms with Gasteiger partial charge in [0.15, 0.2) is 0 Å². The Hall–Kier alpha value is -0.900. The van der Waals surface area contributed by atoms with Gasteiger partial charge in [-0.15, -0.1) is 0 Å². The molecule has 2 fully saturated rings. The van der Waals surface area contributed by atoms with E-state index in [2.05, 4.69) is 45.9 Å².